The van der Waals surface area contributed by atoms with Crippen molar-refractivity contribution >= 4 is 15.7 Å². The highest BCUT2D eigenvalue weighted by Crippen LogP contribution is 2.33. The number of sulfonamides is 1. The van der Waals surface area contributed by atoms with E-state index in [0.717, 1.165) is 23.2 Å². The van der Waals surface area contributed by atoms with Crippen LogP contribution in [0.15, 0.2) is 51.9 Å². The van der Waals surface area contributed by atoms with Crippen LogP contribution in [-0.2, 0) is 16.4 Å². The number of aromatic nitrogens is 1. The second kappa shape index (κ2) is 7.44. The van der Waals surface area contributed by atoms with E-state index in [9.17, 15) is 8.42 Å². The number of rotatable bonds is 6. The van der Waals surface area contributed by atoms with E-state index in [2.05, 4.69) is 9.88 Å². The first-order valence-corrected chi connectivity index (χ1v) is 10.1. The minimum absolute atomic E-state index is 0.0375. The number of hydrogen-bond donors (Lipinski definition) is 1. The number of aryl methyl sites for hydroxylation is 2. The van der Waals surface area contributed by atoms with Gasteiger partial charge in [-0.25, -0.2) is 8.42 Å². The molecule has 1 N–H and O–H groups in total. The van der Waals surface area contributed by atoms with Crippen LogP contribution in [0.4, 0.5) is 5.69 Å². The largest absolute Gasteiger partial charge is 0.495 e. The van der Waals surface area contributed by atoms with Gasteiger partial charge in [-0.05, 0) is 56.2 Å². The van der Waals surface area contributed by atoms with Crippen LogP contribution in [-0.4, -0.2) is 20.7 Å². The lowest BCUT2D eigenvalue weighted by atomic mass is 10.1. The molecule has 0 saturated carbocycles. The fourth-order valence-electron chi connectivity index (χ4n) is 2.73. The Balaban J connectivity index is 2.02. The first-order valence-electron chi connectivity index (χ1n) is 8.58. The molecule has 1 aromatic heterocycles. The zero-order valence-corrected chi connectivity index (χ0v) is 16.6. The van der Waals surface area contributed by atoms with Crippen LogP contribution in [0.3, 0.4) is 0 Å². The van der Waals surface area contributed by atoms with Crippen molar-refractivity contribution in [2.45, 2.75) is 32.1 Å². The number of ether oxygens (including phenoxy) is 1. The topological polar surface area (TPSA) is 81.4 Å². The minimum Gasteiger partial charge on any atom is -0.495 e. The van der Waals surface area contributed by atoms with Crippen LogP contribution in [0.25, 0.3) is 11.3 Å². The van der Waals surface area contributed by atoms with Crippen molar-refractivity contribution in [2.24, 2.45) is 0 Å². The van der Waals surface area contributed by atoms with Crippen LogP contribution in [0.2, 0.25) is 0 Å². The molecule has 0 aliphatic heterocycles. The van der Waals surface area contributed by atoms with Crippen LogP contribution >= 0.6 is 0 Å². The number of hydrogen-bond acceptors (Lipinski definition) is 5. The number of methoxy groups -OCH3 is 1. The Kier molecular flexibility index (Phi) is 5.23. The van der Waals surface area contributed by atoms with Crippen molar-refractivity contribution in [3.05, 3.63) is 59.3 Å². The summed E-state index contributed by atoms with van der Waals surface area (Å²) < 4.78 is 39.2. The molecule has 2 aromatic carbocycles. The average Bonchev–Trinajstić information content (AvgIpc) is 3.00. The van der Waals surface area contributed by atoms with E-state index >= 15 is 0 Å². The monoisotopic (exact) mass is 386 g/mol. The quantitative estimate of drug-likeness (QED) is 0.682. The highest BCUT2D eigenvalue weighted by Gasteiger charge is 2.22. The lowest BCUT2D eigenvalue weighted by Gasteiger charge is -2.13. The van der Waals surface area contributed by atoms with Gasteiger partial charge in [0, 0.05) is 16.8 Å². The van der Waals surface area contributed by atoms with Gasteiger partial charge in [-0.15, -0.1) is 0 Å². The summed E-state index contributed by atoms with van der Waals surface area (Å²) in [6, 6.07) is 12.2. The number of nitrogens with zero attached hydrogens (tertiary/aromatic N) is 1. The second-order valence-corrected chi connectivity index (χ2v) is 7.89. The molecule has 1 heterocycles. The zero-order valence-electron chi connectivity index (χ0n) is 15.7. The zero-order chi connectivity index (χ0) is 19.6. The molecule has 6 nitrogen and oxygen atoms in total. The molecule has 3 aromatic rings. The minimum atomic E-state index is -3.85. The maximum absolute atomic E-state index is 13.0. The van der Waals surface area contributed by atoms with Gasteiger partial charge in [0.2, 0.25) is 0 Å². The SMILES string of the molecule is CCc1ccc(NS(=O)(=O)c2cc(-c3onc(C)c3C)ccc2OC)cc1. The van der Waals surface area contributed by atoms with Crippen molar-refractivity contribution in [3.63, 3.8) is 0 Å². The van der Waals surface area contributed by atoms with Crippen molar-refractivity contribution in [1.82, 2.24) is 5.16 Å². The molecule has 0 fully saturated rings. The predicted molar refractivity (Wildman–Crippen MR) is 105 cm³/mol. The molecule has 0 aliphatic rings. The highest BCUT2D eigenvalue weighted by molar-refractivity contribution is 7.92. The van der Waals surface area contributed by atoms with Crippen molar-refractivity contribution < 1.29 is 17.7 Å². The van der Waals surface area contributed by atoms with Crippen LogP contribution in [0.5, 0.6) is 5.75 Å². The molecule has 0 saturated heterocycles. The van der Waals surface area contributed by atoms with E-state index < -0.39 is 10.0 Å². The first-order chi connectivity index (χ1) is 12.9. The highest BCUT2D eigenvalue weighted by atomic mass is 32.2. The van der Waals surface area contributed by atoms with Gasteiger partial charge >= 0.3 is 0 Å². The van der Waals surface area contributed by atoms with E-state index in [-0.39, 0.29) is 10.6 Å². The van der Waals surface area contributed by atoms with Crippen molar-refractivity contribution in [3.8, 4) is 17.1 Å². The molecule has 0 amide bonds. The Labute approximate surface area is 159 Å². The number of benzene rings is 2. The Morgan fingerprint density at radius 3 is 2.37 bits per heavy atom. The standard InChI is InChI=1S/C20H22N2O4S/c1-5-15-6-9-17(10-7-15)22-27(23,24)19-12-16(8-11-18(19)25-4)20-13(2)14(3)21-26-20/h6-12,22H,5H2,1-4H3. The molecule has 0 aliphatic carbocycles. The molecule has 0 unspecified atom stereocenters. The molecule has 0 bridgehead atoms. The Hall–Kier alpha value is -2.80. The van der Waals surface area contributed by atoms with E-state index in [1.54, 1.807) is 24.3 Å². The third-order valence-corrected chi connectivity index (χ3v) is 5.89. The molecule has 0 radical (unpaired) electrons. The van der Waals surface area contributed by atoms with Crippen LogP contribution in [0, 0.1) is 13.8 Å². The lowest BCUT2D eigenvalue weighted by molar-refractivity contribution is 0.402. The molecular formula is C20H22N2O4S. The van der Waals surface area contributed by atoms with Gasteiger partial charge in [0.05, 0.1) is 12.8 Å². The first kappa shape index (κ1) is 19.0. The summed E-state index contributed by atoms with van der Waals surface area (Å²) in [6.45, 7) is 5.76. The maximum atomic E-state index is 13.0. The molecule has 7 heteroatoms. The summed E-state index contributed by atoms with van der Waals surface area (Å²) >= 11 is 0. The van der Waals surface area contributed by atoms with Gasteiger partial charge < -0.3 is 9.26 Å². The normalized spacial score (nSPS) is 11.4. The van der Waals surface area contributed by atoms with Crippen LogP contribution < -0.4 is 9.46 Å². The van der Waals surface area contributed by atoms with Crippen LogP contribution in [0.1, 0.15) is 23.7 Å². The van der Waals surface area contributed by atoms with E-state index in [0.29, 0.717) is 17.0 Å². The Bertz CT molecular complexity index is 1050. The summed E-state index contributed by atoms with van der Waals surface area (Å²) in [5.41, 5.74) is 3.88. The number of nitrogens with one attached hydrogen (secondary N) is 1. The van der Waals surface area contributed by atoms with Crippen molar-refractivity contribution in [2.75, 3.05) is 11.8 Å². The average molecular weight is 386 g/mol. The number of anilines is 1. The van der Waals surface area contributed by atoms with Gasteiger partial charge in [-0.3, -0.25) is 4.72 Å². The van der Waals surface area contributed by atoms with Crippen molar-refractivity contribution in [1.29, 1.82) is 0 Å². The summed E-state index contributed by atoms with van der Waals surface area (Å²) in [7, 11) is -2.41. The van der Waals surface area contributed by atoms with Gasteiger partial charge in [-0.1, -0.05) is 24.2 Å². The molecule has 3 rings (SSSR count). The maximum Gasteiger partial charge on any atom is 0.265 e. The summed E-state index contributed by atoms with van der Waals surface area (Å²) in [5, 5.41) is 3.94. The molecule has 0 atom stereocenters. The van der Waals surface area contributed by atoms with E-state index in [1.165, 1.54) is 13.2 Å². The lowest BCUT2D eigenvalue weighted by Crippen LogP contribution is -2.14. The predicted octanol–water partition coefficient (Wildman–Crippen LogP) is 4.33. The fourth-order valence-corrected chi connectivity index (χ4v) is 3.99. The Morgan fingerprint density at radius 2 is 1.81 bits per heavy atom. The summed E-state index contributed by atoms with van der Waals surface area (Å²) in [4.78, 5) is 0.0375. The third kappa shape index (κ3) is 3.83. The van der Waals surface area contributed by atoms with Gasteiger partial charge in [0.25, 0.3) is 10.0 Å². The van der Waals surface area contributed by atoms with Gasteiger partial charge in [-0.2, -0.15) is 0 Å². The molecular weight excluding hydrogens is 364 g/mol. The second-order valence-electron chi connectivity index (χ2n) is 6.24. The molecule has 142 valence electrons. The smallest absolute Gasteiger partial charge is 0.265 e. The molecule has 27 heavy (non-hydrogen) atoms. The summed E-state index contributed by atoms with van der Waals surface area (Å²) in [5.74, 6) is 0.796. The van der Waals surface area contributed by atoms with E-state index in [1.807, 2.05) is 32.9 Å². The van der Waals surface area contributed by atoms with Gasteiger partial charge in [0.15, 0.2) is 5.76 Å². The molecule has 0 spiro atoms. The van der Waals surface area contributed by atoms with Gasteiger partial charge in [0.1, 0.15) is 10.6 Å². The third-order valence-electron chi connectivity index (χ3n) is 4.49. The summed E-state index contributed by atoms with van der Waals surface area (Å²) in [6.07, 6.45) is 0.888. The Morgan fingerprint density at radius 1 is 1.11 bits per heavy atom. The fraction of sp³-hybridized carbons (Fsp3) is 0.250. The van der Waals surface area contributed by atoms with E-state index in [4.69, 9.17) is 9.26 Å².